The number of nitrogens with one attached hydrogen (secondary N) is 1. The molecule has 0 bridgehead atoms. The van der Waals surface area contributed by atoms with Crippen molar-refractivity contribution in [2.75, 3.05) is 26.7 Å². The van der Waals surface area contributed by atoms with Crippen LogP contribution in [0, 0.1) is 5.92 Å². The highest BCUT2D eigenvalue weighted by atomic mass is 16.5. The van der Waals surface area contributed by atoms with E-state index in [1.807, 2.05) is 24.3 Å². The molecule has 0 spiro atoms. The summed E-state index contributed by atoms with van der Waals surface area (Å²) >= 11 is 0. The molecule has 2 aromatic heterocycles. The average molecular weight is 406 g/mol. The maximum absolute atomic E-state index is 12.4. The van der Waals surface area contributed by atoms with Gasteiger partial charge in [-0.1, -0.05) is 17.3 Å². The lowest BCUT2D eigenvalue weighted by Gasteiger charge is -2.32. The molecule has 1 aromatic carbocycles. The molecule has 30 heavy (non-hydrogen) atoms. The van der Waals surface area contributed by atoms with Gasteiger partial charge in [-0.05, 0) is 61.7 Å². The molecule has 1 N–H and O–H groups in total. The number of benzene rings is 1. The van der Waals surface area contributed by atoms with Crippen LogP contribution in [0.25, 0.3) is 11.3 Å². The van der Waals surface area contributed by atoms with Crippen molar-refractivity contribution in [2.24, 2.45) is 5.92 Å². The number of hydrogen-bond acceptors (Lipinski definition) is 6. The minimum absolute atomic E-state index is 0.199. The minimum Gasteiger partial charge on any atom is -0.497 e. The number of hydrogen-bond donors (Lipinski definition) is 1. The molecule has 0 atom stereocenters. The second kappa shape index (κ2) is 9.54. The number of pyridine rings is 1. The summed E-state index contributed by atoms with van der Waals surface area (Å²) in [6.45, 7) is 3.66. The Morgan fingerprint density at radius 2 is 2.03 bits per heavy atom. The Morgan fingerprint density at radius 3 is 2.73 bits per heavy atom. The number of rotatable bonds is 7. The van der Waals surface area contributed by atoms with Crippen LogP contribution in [-0.4, -0.2) is 47.7 Å². The Morgan fingerprint density at radius 1 is 1.23 bits per heavy atom. The van der Waals surface area contributed by atoms with Gasteiger partial charge in [0.2, 0.25) is 0 Å². The molecule has 1 fully saturated rings. The normalized spacial score (nSPS) is 15.1. The zero-order valence-corrected chi connectivity index (χ0v) is 17.1. The van der Waals surface area contributed by atoms with Crippen LogP contribution < -0.4 is 10.1 Å². The van der Waals surface area contributed by atoms with Crippen molar-refractivity contribution in [2.45, 2.75) is 19.4 Å². The molecule has 7 nitrogen and oxygen atoms in total. The zero-order chi connectivity index (χ0) is 20.8. The zero-order valence-electron chi connectivity index (χ0n) is 17.1. The van der Waals surface area contributed by atoms with Crippen LogP contribution in [0.4, 0.5) is 0 Å². The quantitative estimate of drug-likeness (QED) is 0.648. The minimum atomic E-state index is -0.199. The molecule has 7 heteroatoms. The van der Waals surface area contributed by atoms with Gasteiger partial charge in [-0.2, -0.15) is 0 Å². The van der Waals surface area contributed by atoms with Crippen LogP contribution in [0.2, 0.25) is 0 Å². The van der Waals surface area contributed by atoms with E-state index in [1.54, 1.807) is 25.6 Å². The van der Waals surface area contributed by atoms with Crippen LogP contribution in [0.5, 0.6) is 5.75 Å². The predicted molar refractivity (Wildman–Crippen MR) is 113 cm³/mol. The lowest BCUT2D eigenvalue weighted by molar-refractivity contribution is 0.0926. The van der Waals surface area contributed by atoms with E-state index in [0.29, 0.717) is 23.9 Å². The summed E-state index contributed by atoms with van der Waals surface area (Å²) < 4.78 is 10.5. The molecule has 1 amide bonds. The van der Waals surface area contributed by atoms with Crippen molar-refractivity contribution >= 4 is 5.91 Å². The topological polar surface area (TPSA) is 80.5 Å². The molecule has 3 aromatic rings. The van der Waals surface area contributed by atoms with Crippen molar-refractivity contribution in [1.29, 1.82) is 0 Å². The van der Waals surface area contributed by atoms with Gasteiger partial charge >= 0.3 is 0 Å². The first-order chi connectivity index (χ1) is 14.7. The van der Waals surface area contributed by atoms with Gasteiger partial charge in [0.25, 0.3) is 5.91 Å². The van der Waals surface area contributed by atoms with Crippen molar-refractivity contribution in [1.82, 2.24) is 20.4 Å². The van der Waals surface area contributed by atoms with E-state index >= 15 is 0 Å². The van der Waals surface area contributed by atoms with Crippen molar-refractivity contribution < 1.29 is 14.1 Å². The van der Waals surface area contributed by atoms with E-state index in [-0.39, 0.29) is 5.91 Å². The maximum Gasteiger partial charge on any atom is 0.273 e. The summed E-state index contributed by atoms with van der Waals surface area (Å²) in [6.07, 6.45) is 5.50. The summed E-state index contributed by atoms with van der Waals surface area (Å²) in [6, 6.07) is 13.6. The first-order valence-electron chi connectivity index (χ1n) is 10.2. The Kier molecular flexibility index (Phi) is 6.39. The Hall–Kier alpha value is -3.19. The molecular weight excluding hydrogens is 380 g/mol. The van der Waals surface area contributed by atoms with Gasteiger partial charge in [0.05, 0.1) is 7.11 Å². The highest BCUT2D eigenvalue weighted by Gasteiger charge is 2.21. The molecule has 0 saturated carbocycles. The molecular formula is C23H26N4O3. The summed E-state index contributed by atoms with van der Waals surface area (Å²) in [5.41, 5.74) is 2.39. The Labute approximate surface area is 176 Å². The molecule has 0 radical (unpaired) electrons. The SMILES string of the molecule is COc1ccc(CN2CCC(CNC(=O)c3cc(-c4cccnc4)on3)CC2)cc1. The first-order valence-corrected chi connectivity index (χ1v) is 10.2. The second-order valence-electron chi connectivity index (χ2n) is 7.60. The Bertz CT molecular complexity index is 948. The Balaban J connectivity index is 1.22. The fraction of sp³-hybridized carbons (Fsp3) is 0.348. The highest BCUT2D eigenvalue weighted by molar-refractivity contribution is 5.93. The van der Waals surface area contributed by atoms with Gasteiger partial charge in [-0.25, -0.2) is 0 Å². The largest absolute Gasteiger partial charge is 0.497 e. The van der Waals surface area contributed by atoms with Crippen LogP contribution in [0.3, 0.4) is 0 Å². The molecule has 1 aliphatic heterocycles. The highest BCUT2D eigenvalue weighted by Crippen LogP contribution is 2.21. The number of carbonyl (C=O) groups is 1. The number of methoxy groups -OCH3 is 1. The lowest BCUT2D eigenvalue weighted by atomic mass is 9.96. The molecule has 0 unspecified atom stereocenters. The predicted octanol–water partition coefficient (Wildman–Crippen LogP) is 3.39. The third-order valence-corrected chi connectivity index (χ3v) is 5.51. The molecule has 1 saturated heterocycles. The fourth-order valence-corrected chi connectivity index (χ4v) is 3.69. The monoisotopic (exact) mass is 406 g/mol. The van der Waals surface area contributed by atoms with E-state index < -0.39 is 0 Å². The van der Waals surface area contributed by atoms with Crippen LogP contribution >= 0.6 is 0 Å². The number of carbonyl (C=O) groups excluding carboxylic acids is 1. The van der Waals surface area contributed by atoms with Crippen LogP contribution in [-0.2, 0) is 6.54 Å². The number of aromatic nitrogens is 2. The summed E-state index contributed by atoms with van der Waals surface area (Å²) in [7, 11) is 1.68. The fourth-order valence-electron chi connectivity index (χ4n) is 3.69. The van der Waals surface area contributed by atoms with E-state index in [2.05, 4.69) is 32.5 Å². The smallest absolute Gasteiger partial charge is 0.273 e. The maximum atomic E-state index is 12.4. The van der Waals surface area contributed by atoms with Crippen LogP contribution in [0.1, 0.15) is 28.9 Å². The molecule has 4 rings (SSSR count). The van der Waals surface area contributed by atoms with E-state index in [1.165, 1.54) is 5.56 Å². The van der Waals surface area contributed by atoms with Gasteiger partial charge in [0.1, 0.15) is 5.75 Å². The van der Waals surface area contributed by atoms with Crippen molar-refractivity contribution in [3.8, 4) is 17.1 Å². The number of nitrogens with zero attached hydrogens (tertiary/aromatic N) is 3. The van der Waals surface area contributed by atoms with Gasteiger partial charge < -0.3 is 14.6 Å². The first kappa shape index (κ1) is 20.1. The summed E-state index contributed by atoms with van der Waals surface area (Å²) in [5, 5.41) is 6.90. The van der Waals surface area contributed by atoms with E-state index in [0.717, 1.165) is 43.8 Å². The molecule has 3 heterocycles. The number of amides is 1. The van der Waals surface area contributed by atoms with E-state index in [4.69, 9.17) is 9.26 Å². The van der Waals surface area contributed by atoms with Crippen molar-refractivity contribution in [3.63, 3.8) is 0 Å². The molecule has 156 valence electrons. The molecule has 0 aliphatic carbocycles. The third kappa shape index (κ3) is 5.04. The molecule has 1 aliphatic rings. The third-order valence-electron chi connectivity index (χ3n) is 5.51. The number of likely N-dealkylation sites (tertiary alicyclic amines) is 1. The van der Waals surface area contributed by atoms with Gasteiger partial charge in [-0.3, -0.25) is 14.7 Å². The summed E-state index contributed by atoms with van der Waals surface area (Å²) in [5.74, 6) is 1.70. The van der Waals surface area contributed by atoms with Gasteiger partial charge in [-0.15, -0.1) is 0 Å². The lowest BCUT2D eigenvalue weighted by Crippen LogP contribution is -2.38. The van der Waals surface area contributed by atoms with Gasteiger partial charge in [0, 0.05) is 37.1 Å². The number of ether oxygens (including phenoxy) is 1. The second-order valence-corrected chi connectivity index (χ2v) is 7.60. The standard InChI is InChI=1S/C23H26N4O3/c1-29-20-6-4-18(5-7-20)16-27-11-8-17(9-12-27)14-25-23(28)21-13-22(30-26-21)19-3-2-10-24-15-19/h2-7,10,13,15,17H,8-9,11-12,14,16H2,1H3,(H,25,28). The van der Waals surface area contributed by atoms with Gasteiger partial charge in [0.15, 0.2) is 11.5 Å². The van der Waals surface area contributed by atoms with E-state index in [9.17, 15) is 4.79 Å². The van der Waals surface area contributed by atoms with Crippen molar-refractivity contribution in [3.05, 3.63) is 66.1 Å². The van der Waals surface area contributed by atoms with Crippen LogP contribution in [0.15, 0.2) is 59.4 Å². The number of piperidine rings is 1. The summed E-state index contributed by atoms with van der Waals surface area (Å²) in [4.78, 5) is 18.9. The average Bonchev–Trinajstić information content (AvgIpc) is 3.30.